The number of aromatic nitrogens is 1. The first-order valence-corrected chi connectivity index (χ1v) is 13.4. The minimum absolute atomic E-state index is 0.141. The summed E-state index contributed by atoms with van der Waals surface area (Å²) in [5.74, 6) is 0.775. The smallest absolute Gasteiger partial charge is 0.235 e. The number of hydrogen-bond acceptors (Lipinski definition) is 5. The van der Waals surface area contributed by atoms with Gasteiger partial charge in [-0.05, 0) is 69.4 Å². The molecule has 0 spiro atoms. The lowest BCUT2D eigenvalue weighted by molar-refractivity contribution is 0.0680. The summed E-state index contributed by atoms with van der Waals surface area (Å²) in [6.07, 6.45) is 4.36. The van der Waals surface area contributed by atoms with Gasteiger partial charge in [0.2, 0.25) is 10.0 Å². The highest BCUT2D eigenvalue weighted by atomic mass is 32.2. The molecular formula is C26H29N3O4S. The van der Waals surface area contributed by atoms with Gasteiger partial charge >= 0.3 is 0 Å². The number of ether oxygens (including phenoxy) is 2. The average molecular weight is 480 g/mol. The van der Waals surface area contributed by atoms with E-state index in [1.54, 1.807) is 26.0 Å². The highest BCUT2D eigenvalue weighted by Crippen LogP contribution is 2.45. The second kappa shape index (κ2) is 8.97. The Hall–Kier alpha value is -3.02. The summed E-state index contributed by atoms with van der Waals surface area (Å²) in [5.41, 5.74) is 3.88. The summed E-state index contributed by atoms with van der Waals surface area (Å²) in [6, 6.07) is 15.9. The third-order valence-electron chi connectivity index (χ3n) is 6.50. The zero-order valence-electron chi connectivity index (χ0n) is 19.5. The van der Waals surface area contributed by atoms with Gasteiger partial charge in [-0.2, -0.15) is 5.26 Å². The Labute approximate surface area is 200 Å². The molecule has 178 valence electrons. The van der Waals surface area contributed by atoms with Crippen molar-refractivity contribution in [1.29, 1.82) is 5.26 Å². The first kappa shape index (κ1) is 22.8. The molecule has 2 heterocycles. The van der Waals surface area contributed by atoms with Crippen molar-refractivity contribution in [2.24, 2.45) is 0 Å². The lowest BCUT2D eigenvalue weighted by Gasteiger charge is -2.14. The molecule has 1 saturated heterocycles. The zero-order chi connectivity index (χ0) is 23.9. The van der Waals surface area contributed by atoms with Gasteiger partial charge in [-0.3, -0.25) is 4.72 Å². The van der Waals surface area contributed by atoms with Crippen LogP contribution in [0.4, 0.5) is 5.69 Å². The summed E-state index contributed by atoms with van der Waals surface area (Å²) in [6.45, 7) is 4.61. The highest BCUT2D eigenvalue weighted by molar-refractivity contribution is 7.93. The van der Waals surface area contributed by atoms with Gasteiger partial charge in [0.25, 0.3) is 0 Å². The van der Waals surface area contributed by atoms with Crippen molar-refractivity contribution >= 4 is 26.6 Å². The molecule has 0 bridgehead atoms. The fraction of sp³-hybridized carbons (Fsp3) is 0.423. The Morgan fingerprint density at radius 1 is 1.18 bits per heavy atom. The lowest BCUT2D eigenvalue weighted by Crippen LogP contribution is -2.22. The van der Waals surface area contributed by atoms with Gasteiger partial charge in [0.1, 0.15) is 18.4 Å². The van der Waals surface area contributed by atoms with Crippen LogP contribution in [0, 0.1) is 11.3 Å². The number of anilines is 1. The molecule has 3 aromatic rings. The lowest BCUT2D eigenvalue weighted by atomic mass is 10.1. The normalized spacial score (nSPS) is 18.4. The minimum Gasteiger partial charge on any atom is -0.491 e. The van der Waals surface area contributed by atoms with E-state index >= 15 is 0 Å². The van der Waals surface area contributed by atoms with E-state index < -0.39 is 15.3 Å². The molecule has 8 heteroatoms. The van der Waals surface area contributed by atoms with E-state index in [-0.39, 0.29) is 6.10 Å². The number of hydrogen-bond donors (Lipinski definition) is 1. The molecule has 1 aromatic heterocycles. The topological polar surface area (TPSA) is 93.4 Å². The minimum atomic E-state index is -3.42. The molecule has 34 heavy (non-hydrogen) atoms. The average Bonchev–Trinajstić information content (AvgIpc) is 3.41. The molecule has 1 aliphatic carbocycles. The Balaban J connectivity index is 1.51. The van der Waals surface area contributed by atoms with Gasteiger partial charge in [-0.25, -0.2) is 8.42 Å². The summed E-state index contributed by atoms with van der Waals surface area (Å²) in [7, 11) is -3.42. The molecule has 7 nitrogen and oxygen atoms in total. The Bertz CT molecular complexity index is 1340. The summed E-state index contributed by atoms with van der Waals surface area (Å²) >= 11 is 0. The van der Waals surface area contributed by atoms with Crippen LogP contribution in [0.1, 0.15) is 51.1 Å². The van der Waals surface area contributed by atoms with E-state index in [0.29, 0.717) is 23.9 Å². The molecule has 1 aliphatic heterocycles. The third-order valence-corrected chi connectivity index (χ3v) is 8.26. The summed E-state index contributed by atoms with van der Waals surface area (Å²) in [5, 5.41) is 10.5. The third kappa shape index (κ3) is 4.38. The quantitative estimate of drug-likeness (QED) is 0.478. The monoisotopic (exact) mass is 479 g/mol. The van der Waals surface area contributed by atoms with Crippen LogP contribution in [0.15, 0.2) is 42.5 Å². The molecule has 1 saturated carbocycles. The maximum atomic E-state index is 12.2. The fourth-order valence-electron chi connectivity index (χ4n) is 4.43. The van der Waals surface area contributed by atoms with Crippen molar-refractivity contribution in [3.05, 3.63) is 48.0 Å². The number of sulfonamides is 1. The first-order chi connectivity index (χ1) is 16.4. The van der Waals surface area contributed by atoms with E-state index in [9.17, 15) is 13.7 Å². The van der Waals surface area contributed by atoms with Crippen LogP contribution < -0.4 is 9.46 Å². The van der Waals surface area contributed by atoms with Crippen molar-refractivity contribution in [2.75, 3.05) is 17.9 Å². The molecule has 2 aromatic carbocycles. The Morgan fingerprint density at radius 3 is 2.56 bits per heavy atom. The summed E-state index contributed by atoms with van der Waals surface area (Å²) < 4.78 is 41.0. The SMILES string of the molecule is CC(C)S(=O)(=O)Nc1ccc(-c2c(C#N)c3ccc(OC[C@H]4CCCO4)cc3n2C2CC2)cc1. The highest BCUT2D eigenvalue weighted by Gasteiger charge is 2.31. The number of nitrogens with zero attached hydrogens (tertiary/aromatic N) is 2. The standard InChI is InChI=1S/C26H29N3O4S/c1-17(2)34(30,31)28-19-7-5-18(6-8-19)26-24(15-27)23-12-11-21(33-16-22-4-3-13-32-22)14-25(23)29(26)20-9-10-20/h5-8,11-12,14,17,20,22,28H,3-4,9-10,13,16H2,1-2H3/t22-/m1/s1. The van der Waals surface area contributed by atoms with Crippen LogP contribution in [0.3, 0.4) is 0 Å². The van der Waals surface area contributed by atoms with Gasteiger partial charge in [0, 0.05) is 29.8 Å². The molecule has 0 amide bonds. The van der Waals surface area contributed by atoms with Crippen LogP contribution in [0.2, 0.25) is 0 Å². The second-order valence-electron chi connectivity index (χ2n) is 9.33. The van der Waals surface area contributed by atoms with Crippen LogP contribution in [-0.4, -0.2) is 37.6 Å². The maximum Gasteiger partial charge on any atom is 0.235 e. The second-order valence-corrected chi connectivity index (χ2v) is 11.6. The molecule has 1 atom stereocenters. The van der Waals surface area contributed by atoms with Crippen LogP contribution in [0.5, 0.6) is 5.75 Å². The molecule has 1 N–H and O–H groups in total. The number of nitriles is 1. The largest absolute Gasteiger partial charge is 0.491 e. The van der Waals surface area contributed by atoms with Gasteiger partial charge < -0.3 is 14.0 Å². The number of rotatable bonds is 8. The molecule has 2 aliphatic rings. The fourth-order valence-corrected chi connectivity index (χ4v) is 5.13. The van der Waals surface area contributed by atoms with Crippen LogP contribution in [-0.2, 0) is 14.8 Å². The Morgan fingerprint density at radius 2 is 1.94 bits per heavy atom. The predicted molar refractivity (Wildman–Crippen MR) is 133 cm³/mol. The van der Waals surface area contributed by atoms with Gasteiger partial charge in [0.05, 0.1) is 28.1 Å². The Kier molecular flexibility index (Phi) is 6.00. The van der Waals surface area contributed by atoms with E-state index in [0.717, 1.165) is 60.2 Å². The van der Waals surface area contributed by atoms with E-state index in [1.807, 2.05) is 30.3 Å². The first-order valence-electron chi connectivity index (χ1n) is 11.8. The van der Waals surface area contributed by atoms with Crippen molar-refractivity contribution in [1.82, 2.24) is 4.57 Å². The molecular weight excluding hydrogens is 450 g/mol. The van der Waals surface area contributed by atoms with Crippen LogP contribution in [0.25, 0.3) is 22.2 Å². The van der Waals surface area contributed by atoms with Gasteiger partial charge in [-0.15, -0.1) is 0 Å². The molecule has 0 unspecified atom stereocenters. The van der Waals surface area contributed by atoms with E-state index in [1.165, 1.54) is 0 Å². The zero-order valence-corrected chi connectivity index (χ0v) is 20.3. The van der Waals surface area contributed by atoms with Gasteiger partial charge in [-0.1, -0.05) is 12.1 Å². The van der Waals surface area contributed by atoms with Gasteiger partial charge in [0.15, 0.2) is 0 Å². The molecule has 2 fully saturated rings. The van der Waals surface area contributed by atoms with E-state index in [2.05, 4.69) is 15.4 Å². The van der Waals surface area contributed by atoms with Crippen molar-refractivity contribution < 1.29 is 17.9 Å². The van der Waals surface area contributed by atoms with Crippen molar-refractivity contribution in [2.45, 2.75) is 56.9 Å². The molecule has 0 radical (unpaired) electrons. The predicted octanol–water partition coefficient (Wildman–Crippen LogP) is 5.22. The van der Waals surface area contributed by atoms with Crippen molar-refractivity contribution in [3.63, 3.8) is 0 Å². The number of fused-ring (bicyclic) bond motifs is 1. The number of nitrogens with one attached hydrogen (secondary N) is 1. The van der Waals surface area contributed by atoms with Crippen LogP contribution >= 0.6 is 0 Å². The molecule has 5 rings (SSSR count). The van der Waals surface area contributed by atoms with E-state index in [4.69, 9.17) is 9.47 Å². The number of benzene rings is 2. The van der Waals surface area contributed by atoms with Crippen molar-refractivity contribution in [3.8, 4) is 23.1 Å². The maximum absolute atomic E-state index is 12.2. The summed E-state index contributed by atoms with van der Waals surface area (Å²) in [4.78, 5) is 0.